The van der Waals surface area contributed by atoms with Crippen LogP contribution in [-0.2, 0) is 6.54 Å². The van der Waals surface area contributed by atoms with Crippen LogP contribution in [-0.4, -0.2) is 52.0 Å². The second kappa shape index (κ2) is 10.3. The number of benzene rings is 2. The number of carbonyl (C=O) groups is 2. The molecule has 1 saturated heterocycles. The van der Waals surface area contributed by atoms with Crippen molar-refractivity contribution in [2.75, 3.05) is 13.1 Å². The van der Waals surface area contributed by atoms with E-state index in [2.05, 4.69) is 50.8 Å². The predicted molar refractivity (Wildman–Crippen MR) is 138 cm³/mol. The summed E-state index contributed by atoms with van der Waals surface area (Å²) in [5.41, 5.74) is 6.82. The van der Waals surface area contributed by atoms with Crippen LogP contribution in [0.1, 0.15) is 78.8 Å². The fourth-order valence-corrected chi connectivity index (χ4v) is 5.39. The van der Waals surface area contributed by atoms with E-state index in [0.29, 0.717) is 11.0 Å². The first-order chi connectivity index (χ1) is 16.7. The van der Waals surface area contributed by atoms with Crippen molar-refractivity contribution >= 4 is 17.4 Å². The van der Waals surface area contributed by atoms with Crippen molar-refractivity contribution in [1.82, 2.24) is 15.3 Å². The fourth-order valence-electron chi connectivity index (χ4n) is 5.39. The van der Waals surface area contributed by atoms with Gasteiger partial charge in [-0.2, -0.15) is 0 Å². The molecule has 2 amide bonds. The molecule has 6 heteroatoms. The van der Waals surface area contributed by atoms with Crippen LogP contribution in [0.2, 0.25) is 0 Å². The second-order valence-electron chi connectivity index (χ2n) is 10.9. The Morgan fingerprint density at radius 3 is 2.31 bits per heavy atom. The Kier molecular flexibility index (Phi) is 7.43. The molecule has 1 aliphatic heterocycles. The molecule has 1 aliphatic carbocycles. The molecule has 1 fully saturated rings. The lowest BCUT2D eigenvalue weighted by Gasteiger charge is -2.44. The van der Waals surface area contributed by atoms with Crippen molar-refractivity contribution in [1.29, 1.82) is 0 Å². The molecule has 2 aromatic carbocycles. The summed E-state index contributed by atoms with van der Waals surface area (Å²) in [5, 5.41) is 8.79. The SMILES string of the molecule is CC1CN(Cc2ccc(C(=O)NO)cc2)CC(C)N1C(=O)c1cccc(C2=CCC(C)(C)CC2)c1. The summed E-state index contributed by atoms with van der Waals surface area (Å²) in [6.07, 6.45) is 5.65. The first kappa shape index (κ1) is 25.1. The topological polar surface area (TPSA) is 72.9 Å². The van der Waals surface area contributed by atoms with Gasteiger partial charge >= 0.3 is 0 Å². The van der Waals surface area contributed by atoms with Gasteiger partial charge in [0, 0.05) is 42.8 Å². The van der Waals surface area contributed by atoms with Crippen LogP contribution in [0, 0.1) is 5.41 Å². The lowest BCUT2D eigenvalue weighted by atomic mass is 9.77. The van der Waals surface area contributed by atoms with E-state index in [1.165, 1.54) is 17.6 Å². The Labute approximate surface area is 208 Å². The number of carbonyl (C=O) groups excluding carboxylic acids is 2. The van der Waals surface area contributed by atoms with E-state index in [0.717, 1.165) is 43.6 Å². The van der Waals surface area contributed by atoms with Crippen molar-refractivity contribution in [2.45, 2.75) is 65.6 Å². The van der Waals surface area contributed by atoms with Gasteiger partial charge in [0.25, 0.3) is 11.8 Å². The Bertz CT molecular complexity index is 1090. The molecule has 0 radical (unpaired) electrons. The number of rotatable bonds is 5. The Morgan fingerprint density at radius 2 is 1.71 bits per heavy atom. The highest BCUT2D eigenvalue weighted by molar-refractivity contribution is 5.95. The van der Waals surface area contributed by atoms with Crippen molar-refractivity contribution in [3.8, 4) is 0 Å². The van der Waals surface area contributed by atoms with Gasteiger partial charge in [0.05, 0.1) is 0 Å². The van der Waals surface area contributed by atoms with Gasteiger partial charge in [-0.05, 0) is 79.5 Å². The zero-order valence-corrected chi connectivity index (χ0v) is 21.3. The van der Waals surface area contributed by atoms with E-state index in [-0.39, 0.29) is 18.0 Å². The summed E-state index contributed by atoms with van der Waals surface area (Å²) in [4.78, 5) is 29.5. The minimum absolute atomic E-state index is 0.0871. The summed E-state index contributed by atoms with van der Waals surface area (Å²) >= 11 is 0. The highest BCUT2D eigenvalue weighted by Gasteiger charge is 2.33. The van der Waals surface area contributed by atoms with Gasteiger partial charge < -0.3 is 4.90 Å². The van der Waals surface area contributed by atoms with Crippen LogP contribution in [0.4, 0.5) is 0 Å². The lowest BCUT2D eigenvalue weighted by molar-refractivity contribution is 0.0268. The monoisotopic (exact) mass is 475 g/mol. The van der Waals surface area contributed by atoms with Gasteiger partial charge in [0.15, 0.2) is 0 Å². The normalized spacial score (nSPS) is 22.4. The first-order valence-electron chi connectivity index (χ1n) is 12.5. The molecule has 0 saturated carbocycles. The fraction of sp³-hybridized carbons (Fsp3) is 0.448. The molecule has 0 aromatic heterocycles. The van der Waals surface area contributed by atoms with Gasteiger partial charge in [-0.15, -0.1) is 0 Å². The summed E-state index contributed by atoms with van der Waals surface area (Å²) in [7, 11) is 0. The van der Waals surface area contributed by atoms with Crippen molar-refractivity contribution in [2.24, 2.45) is 5.41 Å². The zero-order valence-electron chi connectivity index (χ0n) is 21.3. The molecule has 2 aliphatic rings. The van der Waals surface area contributed by atoms with Gasteiger partial charge in [-0.1, -0.05) is 44.2 Å². The zero-order chi connectivity index (χ0) is 25.2. The summed E-state index contributed by atoms with van der Waals surface area (Å²) in [6, 6.07) is 15.6. The Morgan fingerprint density at radius 1 is 1.03 bits per heavy atom. The summed E-state index contributed by atoms with van der Waals surface area (Å²) in [5.74, 6) is -0.416. The van der Waals surface area contributed by atoms with Crippen LogP contribution >= 0.6 is 0 Å². The van der Waals surface area contributed by atoms with E-state index in [1.807, 2.05) is 29.2 Å². The van der Waals surface area contributed by atoms with Crippen LogP contribution in [0.15, 0.2) is 54.6 Å². The quantitative estimate of drug-likeness (QED) is 0.464. The minimum atomic E-state index is -0.515. The van der Waals surface area contributed by atoms with Gasteiger partial charge in [0.1, 0.15) is 0 Å². The van der Waals surface area contributed by atoms with E-state index in [1.54, 1.807) is 17.6 Å². The third kappa shape index (κ3) is 5.82. The molecule has 2 N–H and O–H groups in total. The van der Waals surface area contributed by atoms with Crippen LogP contribution in [0.25, 0.3) is 5.57 Å². The number of piperazine rings is 1. The number of hydroxylamine groups is 1. The third-order valence-corrected chi connectivity index (χ3v) is 7.41. The van der Waals surface area contributed by atoms with Crippen LogP contribution in [0.3, 0.4) is 0 Å². The predicted octanol–water partition coefficient (Wildman–Crippen LogP) is 5.13. The molecule has 2 aromatic rings. The Hall–Kier alpha value is -2.96. The van der Waals surface area contributed by atoms with E-state index in [9.17, 15) is 9.59 Å². The maximum atomic E-state index is 13.6. The van der Waals surface area contributed by atoms with E-state index >= 15 is 0 Å². The average molecular weight is 476 g/mol. The lowest BCUT2D eigenvalue weighted by Crippen LogP contribution is -2.58. The molecule has 6 nitrogen and oxygen atoms in total. The molecule has 35 heavy (non-hydrogen) atoms. The molecular formula is C29H37N3O3. The van der Waals surface area contributed by atoms with Crippen LogP contribution in [0.5, 0.6) is 0 Å². The standard InChI is InChI=1S/C29H37N3O3/c1-20-17-31(19-22-8-10-24(11-9-22)27(33)30-35)18-21(2)32(20)28(34)26-7-5-6-25(16-26)23-12-14-29(3,4)15-13-23/h5-12,16,20-21,35H,13-15,17-19H2,1-4H3,(H,30,33). The minimum Gasteiger partial charge on any atom is -0.331 e. The third-order valence-electron chi connectivity index (χ3n) is 7.41. The number of allylic oxidation sites excluding steroid dienone is 2. The van der Waals surface area contributed by atoms with Gasteiger partial charge in [-0.25, -0.2) is 5.48 Å². The number of nitrogens with zero attached hydrogens (tertiary/aromatic N) is 2. The first-order valence-corrected chi connectivity index (χ1v) is 12.5. The molecule has 2 atom stereocenters. The summed E-state index contributed by atoms with van der Waals surface area (Å²) in [6.45, 7) is 11.2. The van der Waals surface area contributed by atoms with Crippen molar-refractivity contribution in [3.63, 3.8) is 0 Å². The number of amides is 2. The molecule has 2 unspecified atom stereocenters. The molecule has 0 spiro atoms. The highest BCUT2D eigenvalue weighted by Crippen LogP contribution is 2.38. The molecule has 0 bridgehead atoms. The van der Waals surface area contributed by atoms with Crippen molar-refractivity contribution < 1.29 is 14.8 Å². The maximum absolute atomic E-state index is 13.6. The van der Waals surface area contributed by atoms with E-state index in [4.69, 9.17) is 5.21 Å². The smallest absolute Gasteiger partial charge is 0.274 e. The second-order valence-corrected chi connectivity index (χ2v) is 10.9. The van der Waals surface area contributed by atoms with E-state index < -0.39 is 5.91 Å². The largest absolute Gasteiger partial charge is 0.331 e. The molecule has 186 valence electrons. The molecule has 4 rings (SSSR count). The maximum Gasteiger partial charge on any atom is 0.274 e. The van der Waals surface area contributed by atoms with Crippen LogP contribution < -0.4 is 5.48 Å². The average Bonchev–Trinajstić information content (AvgIpc) is 2.83. The highest BCUT2D eigenvalue weighted by atomic mass is 16.5. The Balaban J connectivity index is 1.42. The molecular weight excluding hydrogens is 438 g/mol. The number of hydrogen-bond acceptors (Lipinski definition) is 4. The van der Waals surface area contributed by atoms with Gasteiger partial charge in [-0.3, -0.25) is 19.7 Å². The number of nitrogens with one attached hydrogen (secondary N) is 1. The van der Waals surface area contributed by atoms with Gasteiger partial charge in [0.2, 0.25) is 0 Å². The molecule has 1 heterocycles. The summed E-state index contributed by atoms with van der Waals surface area (Å²) < 4.78 is 0. The number of hydrogen-bond donors (Lipinski definition) is 2. The van der Waals surface area contributed by atoms with Crippen molar-refractivity contribution in [3.05, 3.63) is 76.9 Å².